The molecule has 0 radical (unpaired) electrons. The van der Waals surface area contributed by atoms with Crippen LogP contribution in [0.4, 0.5) is 0 Å². The Morgan fingerprint density at radius 1 is 1.11 bits per heavy atom. The summed E-state index contributed by atoms with van der Waals surface area (Å²) in [6.45, 7) is 5.41. The maximum Gasteiger partial charge on any atom is 0.254 e. The molecule has 4 rings (SSSR count). The Bertz CT molecular complexity index is 838. The molecule has 0 bridgehead atoms. The Kier molecular flexibility index (Phi) is 5.54. The minimum absolute atomic E-state index is 0.0875. The van der Waals surface area contributed by atoms with Gasteiger partial charge in [0.15, 0.2) is 0 Å². The van der Waals surface area contributed by atoms with E-state index in [-0.39, 0.29) is 29.8 Å². The molecule has 0 spiro atoms. The third-order valence-electron chi connectivity index (χ3n) is 6.27. The van der Waals surface area contributed by atoms with Crippen molar-refractivity contribution in [3.8, 4) is 0 Å². The van der Waals surface area contributed by atoms with E-state index in [0.717, 1.165) is 36.1 Å². The van der Waals surface area contributed by atoms with Crippen molar-refractivity contribution in [1.82, 2.24) is 9.80 Å². The Morgan fingerprint density at radius 3 is 2.46 bits per heavy atom. The summed E-state index contributed by atoms with van der Waals surface area (Å²) < 4.78 is 0. The molecule has 0 saturated heterocycles. The summed E-state index contributed by atoms with van der Waals surface area (Å²) in [5.41, 5.74) is 1.59. The first-order valence-corrected chi connectivity index (χ1v) is 11.3. The molecule has 1 aromatic heterocycles. The van der Waals surface area contributed by atoms with Crippen LogP contribution in [0.1, 0.15) is 72.3 Å². The predicted octanol–water partition coefficient (Wildman–Crippen LogP) is 4.84. The smallest absolute Gasteiger partial charge is 0.254 e. The SMILES string of the molecule is CCN(CC)C(=O)C1c2ccccc2C(=O)N(C2CCCC2)C1c1cccs1. The lowest BCUT2D eigenvalue weighted by Gasteiger charge is -2.45. The first kappa shape index (κ1) is 19.2. The lowest BCUT2D eigenvalue weighted by molar-refractivity contribution is -0.134. The van der Waals surface area contributed by atoms with Gasteiger partial charge in [0.25, 0.3) is 5.91 Å². The van der Waals surface area contributed by atoms with Crippen LogP contribution >= 0.6 is 11.3 Å². The second-order valence-electron chi connectivity index (χ2n) is 7.69. The van der Waals surface area contributed by atoms with Crippen molar-refractivity contribution in [2.24, 2.45) is 0 Å². The van der Waals surface area contributed by atoms with Gasteiger partial charge in [-0.05, 0) is 49.8 Å². The monoisotopic (exact) mass is 396 g/mol. The van der Waals surface area contributed by atoms with E-state index in [1.54, 1.807) is 11.3 Å². The van der Waals surface area contributed by atoms with Gasteiger partial charge in [-0.15, -0.1) is 11.3 Å². The summed E-state index contributed by atoms with van der Waals surface area (Å²) in [5, 5.41) is 2.05. The summed E-state index contributed by atoms with van der Waals surface area (Å²) in [6.07, 6.45) is 4.37. The van der Waals surface area contributed by atoms with E-state index < -0.39 is 0 Å². The molecule has 2 unspecified atom stereocenters. The van der Waals surface area contributed by atoms with Crippen LogP contribution in [-0.2, 0) is 4.79 Å². The van der Waals surface area contributed by atoms with Crippen molar-refractivity contribution in [3.63, 3.8) is 0 Å². The molecule has 1 aliphatic heterocycles. The first-order valence-electron chi connectivity index (χ1n) is 10.4. The Morgan fingerprint density at radius 2 is 1.82 bits per heavy atom. The summed E-state index contributed by atoms with van der Waals surface area (Å²) >= 11 is 1.65. The minimum Gasteiger partial charge on any atom is -0.343 e. The van der Waals surface area contributed by atoms with Crippen LogP contribution in [0.15, 0.2) is 41.8 Å². The molecule has 1 fully saturated rings. The second kappa shape index (κ2) is 8.08. The molecule has 148 valence electrons. The highest BCUT2D eigenvalue weighted by Crippen LogP contribution is 2.47. The highest BCUT2D eigenvalue weighted by atomic mass is 32.1. The zero-order valence-electron chi connectivity index (χ0n) is 16.6. The number of benzene rings is 1. The average molecular weight is 397 g/mol. The molecule has 5 heteroatoms. The van der Waals surface area contributed by atoms with E-state index in [9.17, 15) is 9.59 Å². The van der Waals surface area contributed by atoms with Crippen LogP contribution in [0.25, 0.3) is 0 Å². The molecule has 2 aliphatic rings. The van der Waals surface area contributed by atoms with Crippen LogP contribution in [0.5, 0.6) is 0 Å². The fraction of sp³-hybridized carbons (Fsp3) is 0.478. The van der Waals surface area contributed by atoms with Gasteiger partial charge in [0.2, 0.25) is 5.91 Å². The molecule has 2 heterocycles. The van der Waals surface area contributed by atoms with Crippen LogP contribution in [0.2, 0.25) is 0 Å². The van der Waals surface area contributed by atoms with Crippen molar-refractivity contribution in [1.29, 1.82) is 0 Å². The number of fused-ring (bicyclic) bond motifs is 1. The number of amides is 2. The lowest BCUT2D eigenvalue weighted by Crippen LogP contribution is -2.51. The van der Waals surface area contributed by atoms with Crippen LogP contribution < -0.4 is 0 Å². The van der Waals surface area contributed by atoms with Crippen LogP contribution in [-0.4, -0.2) is 40.7 Å². The van der Waals surface area contributed by atoms with Gasteiger partial charge in [-0.25, -0.2) is 0 Å². The Balaban J connectivity index is 1.89. The van der Waals surface area contributed by atoms with Gasteiger partial charge in [0.1, 0.15) is 0 Å². The number of hydrogen-bond acceptors (Lipinski definition) is 3. The van der Waals surface area contributed by atoms with E-state index in [0.29, 0.717) is 18.7 Å². The maximum atomic E-state index is 13.7. The third kappa shape index (κ3) is 3.16. The molecular formula is C23H28N2O2S. The number of nitrogens with zero attached hydrogens (tertiary/aromatic N) is 2. The van der Waals surface area contributed by atoms with E-state index in [1.165, 1.54) is 0 Å². The van der Waals surface area contributed by atoms with Gasteiger partial charge in [-0.2, -0.15) is 0 Å². The maximum absolute atomic E-state index is 13.7. The molecule has 2 atom stereocenters. The highest BCUT2D eigenvalue weighted by Gasteiger charge is 2.48. The van der Waals surface area contributed by atoms with Crippen molar-refractivity contribution in [3.05, 3.63) is 57.8 Å². The van der Waals surface area contributed by atoms with Gasteiger partial charge in [-0.1, -0.05) is 37.1 Å². The molecular weight excluding hydrogens is 368 g/mol. The molecule has 1 saturated carbocycles. The van der Waals surface area contributed by atoms with E-state index in [4.69, 9.17) is 0 Å². The zero-order chi connectivity index (χ0) is 19.7. The zero-order valence-corrected chi connectivity index (χ0v) is 17.5. The normalized spacial score (nSPS) is 22.4. The average Bonchev–Trinajstić information content (AvgIpc) is 3.43. The minimum atomic E-state index is -0.340. The summed E-state index contributed by atoms with van der Waals surface area (Å²) in [5.74, 6) is -0.121. The predicted molar refractivity (Wildman–Crippen MR) is 113 cm³/mol. The van der Waals surface area contributed by atoms with Gasteiger partial charge in [0.05, 0.1) is 12.0 Å². The van der Waals surface area contributed by atoms with Crippen molar-refractivity contribution >= 4 is 23.2 Å². The quantitative estimate of drug-likeness (QED) is 0.726. The highest BCUT2D eigenvalue weighted by molar-refractivity contribution is 7.10. The Hall–Kier alpha value is -2.14. The summed E-state index contributed by atoms with van der Waals surface area (Å²) in [7, 11) is 0. The van der Waals surface area contributed by atoms with Crippen molar-refractivity contribution in [2.45, 2.75) is 57.5 Å². The van der Waals surface area contributed by atoms with E-state index in [2.05, 4.69) is 11.0 Å². The van der Waals surface area contributed by atoms with Crippen molar-refractivity contribution < 1.29 is 9.59 Å². The number of likely N-dealkylation sites (N-methyl/N-ethyl adjacent to an activating group) is 1. The fourth-order valence-electron chi connectivity index (χ4n) is 4.90. The molecule has 28 heavy (non-hydrogen) atoms. The topological polar surface area (TPSA) is 40.6 Å². The van der Waals surface area contributed by atoms with E-state index >= 15 is 0 Å². The third-order valence-corrected chi connectivity index (χ3v) is 7.21. The molecule has 2 aromatic rings. The van der Waals surface area contributed by atoms with Gasteiger partial charge < -0.3 is 9.80 Å². The first-order chi connectivity index (χ1) is 13.7. The summed E-state index contributed by atoms with van der Waals surface area (Å²) in [4.78, 5) is 32.4. The van der Waals surface area contributed by atoms with Crippen LogP contribution in [0, 0.1) is 0 Å². The lowest BCUT2D eigenvalue weighted by atomic mass is 9.80. The number of rotatable bonds is 5. The molecule has 1 aromatic carbocycles. The molecule has 4 nitrogen and oxygen atoms in total. The van der Waals surface area contributed by atoms with Gasteiger partial charge in [-0.3, -0.25) is 9.59 Å². The number of carbonyl (C=O) groups is 2. The van der Waals surface area contributed by atoms with Crippen molar-refractivity contribution in [2.75, 3.05) is 13.1 Å². The standard InChI is InChI=1S/C23H28N2O2S/c1-3-24(4-2)23(27)20-17-12-7-8-13-18(17)22(26)25(16-10-5-6-11-16)21(20)19-14-9-15-28-19/h7-9,12-16,20-21H,3-6,10-11H2,1-2H3. The number of carbonyl (C=O) groups excluding carboxylic acids is 2. The summed E-state index contributed by atoms with van der Waals surface area (Å²) in [6, 6.07) is 11.9. The molecule has 0 N–H and O–H groups in total. The second-order valence-corrected chi connectivity index (χ2v) is 8.67. The molecule has 2 amide bonds. The largest absolute Gasteiger partial charge is 0.343 e. The van der Waals surface area contributed by atoms with Gasteiger partial charge >= 0.3 is 0 Å². The number of hydrogen-bond donors (Lipinski definition) is 0. The number of thiophene rings is 1. The fourth-order valence-corrected chi connectivity index (χ4v) is 5.76. The van der Waals surface area contributed by atoms with Gasteiger partial charge in [0, 0.05) is 29.6 Å². The van der Waals surface area contributed by atoms with Crippen LogP contribution in [0.3, 0.4) is 0 Å². The van der Waals surface area contributed by atoms with E-state index in [1.807, 2.05) is 54.5 Å². The Labute approximate surface area is 171 Å². The molecule has 1 aliphatic carbocycles.